The molecule has 0 saturated heterocycles. The zero-order valence-electron chi connectivity index (χ0n) is 15.9. The summed E-state index contributed by atoms with van der Waals surface area (Å²) in [5.74, 6) is 0.965. The number of amides is 1. The SMILES string of the molecule is CCCN(CCC)c1cc(C(=O)Nc2cccc(C(C)=O)c2)nc(C)n1. The molecule has 0 aliphatic heterocycles. The molecule has 6 nitrogen and oxygen atoms in total. The molecule has 1 aromatic heterocycles. The van der Waals surface area contributed by atoms with Gasteiger partial charge in [-0.1, -0.05) is 26.0 Å². The lowest BCUT2D eigenvalue weighted by atomic mass is 10.1. The molecule has 0 radical (unpaired) electrons. The topological polar surface area (TPSA) is 75.2 Å². The molecule has 138 valence electrons. The molecule has 0 atom stereocenters. The van der Waals surface area contributed by atoms with E-state index in [4.69, 9.17) is 0 Å². The van der Waals surface area contributed by atoms with E-state index in [0.717, 1.165) is 31.7 Å². The van der Waals surface area contributed by atoms with Crippen molar-refractivity contribution in [2.24, 2.45) is 0 Å². The zero-order valence-corrected chi connectivity index (χ0v) is 15.9. The van der Waals surface area contributed by atoms with Crippen LogP contribution >= 0.6 is 0 Å². The number of hydrogen-bond donors (Lipinski definition) is 1. The van der Waals surface area contributed by atoms with Gasteiger partial charge in [0.25, 0.3) is 5.91 Å². The second-order valence-corrected chi connectivity index (χ2v) is 6.24. The predicted octanol–water partition coefficient (Wildman–Crippen LogP) is 3.87. The Bertz CT molecular complexity index is 783. The Kier molecular flexibility index (Phi) is 6.83. The van der Waals surface area contributed by atoms with Crippen LogP contribution in [0.1, 0.15) is 60.3 Å². The Morgan fingerprint density at radius 1 is 1.08 bits per heavy atom. The molecule has 0 fully saturated rings. The molecule has 2 rings (SSSR count). The monoisotopic (exact) mass is 354 g/mol. The maximum Gasteiger partial charge on any atom is 0.274 e. The van der Waals surface area contributed by atoms with Crippen LogP contribution in [0, 0.1) is 6.92 Å². The van der Waals surface area contributed by atoms with Crippen molar-refractivity contribution in [3.63, 3.8) is 0 Å². The first-order valence-corrected chi connectivity index (χ1v) is 8.97. The number of hydrogen-bond acceptors (Lipinski definition) is 5. The normalized spacial score (nSPS) is 10.5. The number of ketones is 1. The first-order valence-electron chi connectivity index (χ1n) is 8.97. The van der Waals surface area contributed by atoms with Gasteiger partial charge in [-0.05, 0) is 38.8 Å². The van der Waals surface area contributed by atoms with Crippen molar-refractivity contribution in [1.29, 1.82) is 0 Å². The van der Waals surface area contributed by atoms with Gasteiger partial charge in [0.2, 0.25) is 0 Å². The van der Waals surface area contributed by atoms with Crippen LogP contribution in [0.4, 0.5) is 11.5 Å². The highest BCUT2D eigenvalue weighted by Gasteiger charge is 2.14. The molecule has 0 aliphatic carbocycles. The van der Waals surface area contributed by atoms with Crippen LogP contribution in [0.25, 0.3) is 0 Å². The highest BCUT2D eigenvalue weighted by molar-refractivity contribution is 6.04. The summed E-state index contributed by atoms with van der Waals surface area (Å²) in [6, 6.07) is 8.60. The molecule has 1 heterocycles. The van der Waals surface area contributed by atoms with Gasteiger partial charge in [-0.25, -0.2) is 9.97 Å². The van der Waals surface area contributed by atoms with Gasteiger partial charge in [0.15, 0.2) is 5.78 Å². The Labute approximate surface area is 154 Å². The van der Waals surface area contributed by atoms with Gasteiger partial charge in [0, 0.05) is 30.4 Å². The van der Waals surface area contributed by atoms with Crippen LogP contribution in [0.15, 0.2) is 30.3 Å². The van der Waals surface area contributed by atoms with E-state index in [1.54, 1.807) is 37.3 Å². The van der Waals surface area contributed by atoms with E-state index in [-0.39, 0.29) is 11.7 Å². The minimum absolute atomic E-state index is 0.0453. The average Bonchev–Trinajstić information content (AvgIpc) is 2.61. The smallest absolute Gasteiger partial charge is 0.274 e. The van der Waals surface area contributed by atoms with Crippen LogP contribution in [0.5, 0.6) is 0 Å². The lowest BCUT2D eigenvalue weighted by Crippen LogP contribution is -2.27. The third-order valence-electron chi connectivity index (χ3n) is 3.90. The van der Waals surface area contributed by atoms with E-state index in [1.807, 2.05) is 0 Å². The quantitative estimate of drug-likeness (QED) is 0.729. The van der Waals surface area contributed by atoms with Gasteiger partial charge >= 0.3 is 0 Å². The number of nitrogens with zero attached hydrogens (tertiary/aromatic N) is 3. The zero-order chi connectivity index (χ0) is 19.1. The maximum atomic E-state index is 12.6. The number of aromatic nitrogens is 2. The molecule has 1 N–H and O–H groups in total. The second-order valence-electron chi connectivity index (χ2n) is 6.24. The number of Topliss-reactive ketones (excluding diaryl/α,β-unsaturated/α-hetero) is 1. The summed E-state index contributed by atoms with van der Waals surface area (Å²) >= 11 is 0. The van der Waals surface area contributed by atoms with Gasteiger partial charge < -0.3 is 10.2 Å². The summed E-state index contributed by atoms with van der Waals surface area (Å²) in [5, 5.41) is 2.81. The molecule has 0 saturated carbocycles. The number of anilines is 2. The van der Waals surface area contributed by atoms with Crippen LogP contribution in [-0.4, -0.2) is 34.7 Å². The number of benzene rings is 1. The van der Waals surface area contributed by atoms with Crippen molar-refractivity contribution in [2.45, 2.75) is 40.5 Å². The Hall–Kier alpha value is -2.76. The first kappa shape index (κ1) is 19.6. The van der Waals surface area contributed by atoms with Gasteiger partial charge in [0.05, 0.1) is 0 Å². The Morgan fingerprint density at radius 2 is 1.77 bits per heavy atom. The minimum atomic E-state index is -0.314. The van der Waals surface area contributed by atoms with Crippen LogP contribution < -0.4 is 10.2 Å². The fourth-order valence-corrected chi connectivity index (χ4v) is 2.72. The van der Waals surface area contributed by atoms with Crippen LogP contribution in [-0.2, 0) is 0 Å². The molecule has 0 unspecified atom stereocenters. The van der Waals surface area contributed by atoms with E-state index in [9.17, 15) is 9.59 Å². The number of aryl methyl sites for hydroxylation is 1. The van der Waals surface area contributed by atoms with Gasteiger partial charge in [-0.15, -0.1) is 0 Å². The van der Waals surface area contributed by atoms with E-state index in [0.29, 0.717) is 22.8 Å². The van der Waals surface area contributed by atoms with E-state index >= 15 is 0 Å². The van der Waals surface area contributed by atoms with Crippen LogP contribution in [0.3, 0.4) is 0 Å². The lowest BCUT2D eigenvalue weighted by molar-refractivity contribution is 0.100. The minimum Gasteiger partial charge on any atom is -0.357 e. The fraction of sp³-hybridized carbons (Fsp3) is 0.400. The summed E-state index contributed by atoms with van der Waals surface area (Å²) in [5.41, 5.74) is 1.44. The van der Waals surface area contributed by atoms with E-state index in [2.05, 4.69) is 34.0 Å². The molecule has 26 heavy (non-hydrogen) atoms. The highest BCUT2D eigenvalue weighted by Crippen LogP contribution is 2.16. The summed E-state index contributed by atoms with van der Waals surface area (Å²) < 4.78 is 0. The summed E-state index contributed by atoms with van der Waals surface area (Å²) in [6.07, 6.45) is 2.00. The van der Waals surface area contributed by atoms with Crippen molar-refractivity contribution in [3.05, 3.63) is 47.4 Å². The molecule has 0 aliphatic rings. The standard InChI is InChI=1S/C20H26N4O2/c1-5-10-24(11-6-2)19-13-18(21-15(4)22-19)20(26)23-17-9-7-8-16(12-17)14(3)25/h7-9,12-13H,5-6,10-11H2,1-4H3,(H,23,26). The van der Waals surface area contributed by atoms with Crippen molar-refractivity contribution in [2.75, 3.05) is 23.3 Å². The molecule has 0 spiro atoms. The van der Waals surface area contributed by atoms with E-state index < -0.39 is 0 Å². The summed E-state index contributed by atoms with van der Waals surface area (Å²) in [4.78, 5) is 35.1. The fourth-order valence-electron chi connectivity index (χ4n) is 2.72. The van der Waals surface area contributed by atoms with Crippen molar-refractivity contribution in [3.8, 4) is 0 Å². The summed E-state index contributed by atoms with van der Waals surface area (Å²) in [7, 11) is 0. The molecule has 2 aromatic rings. The number of carbonyl (C=O) groups is 2. The van der Waals surface area contributed by atoms with Gasteiger partial charge in [-0.3, -0.25) is 9.59 Å². The maximum absolute atomic E-state index is 12.6. The predicted molar refractivity (Wildman–Crippen MR) is 104 cm³/mol. The number of rotatable bonds is 8. The number of carbonyl (C=O) groups excluding carboxylic acids is 2. The molecule has 1 aromatic carbocycles. The first-order chi connectivity index (χ1) is 12.4. The lowest BCUT2D eigenvalue weighted by Gasteiger charge is -2.23. The second kappa shape index (κ2) is 9.08. The van der Waals surface area contributed by atoms with Crippen molar-refractivity contribution in [1.82, 2.24) is 9.97 Å². The van der Waals surface area contributed by atoms with Crippen LogP contribution in [0.2, 0.25) is 0 Å². The molecule has 1 amide bonds. The molecular formula is C20H26N4O2. The highest BCUT2D eigenvalue weighted by atomic mass is 16.2. The third-order valence-corrected chi connectivity index (χ3v) is 3.90. The van der Waals surface area contributed by atoms with Gasteiger partial charge in [-0.2, -0.15) is 0 Å². The Balaban J connectivity index is 2.26. The Morgan fingerprint density at radius 3 is 2.38 bits per heavy atom. The third kappa shape index (κ3) is 5.12. The van der Waals surface area contributed by atoms with Crippen molar-refractivity contribution < 1.29 is 9.59 Å². The number of nitrogens with one attached hydrogen (secondary N) is 1. The molecule has 6 heteroatoms. The van der Waals surface area contributed by atoms with E-state index in [1.165, 1.54) is 6.92 Å². The average molecular weight is 354 g/mol. The van der Waals surface area contributed by atoms with Crippen molar-refractivity contribution >= 4 is 23.2 Å². The summed E-state index contributed by atoms with van der Waals surface area (Å²) in [6.45, 7) is 9.28. The molecular weight excluding hydrogens is 328 g/mol. The molecule has 0 bridgehead atoms. The largest absolute Gasteiger partial charge is 0.357 e. The van der Waals surface area contributed by atoms with Gasteiger partial charge in [0.1, 0.15) is 17.3 Å².